The summed E-state index contributed by atoms with van der Waals surface area (Å²) in [6.07, 6.45) is 4.41. The summed E-state index contributed by atoms with van der Waals surface area (Å²) in [6, 6.07) is 4.82. The smallest absolute Gasteiger partial charge is 0.191 e. The molecule has 6 nitrogen and oxygen atoms in total. The molecule has 2 N–H and O–H groups in total. The number of guanidine groups is 1. The second-order valence-corrected chi connectivity index (χ2v) is 9.27. The van der Waals surface area contributed by atoms with Crippen molar-refractivity contribution >= 4 is 41.3 Å². The van der Waals surface area contributed by atoms with Gasteiger partial charge >= 0.3 is 0 Å². The van der Waals surface area contributed by atoms with Gasteiger partial charge in [0, 0.05) is 37.6 Å². The lowest BCUT2D eigenvalue weighted by atomic mass is 10.2. The van der Waals surface area contributed by atoms with E-state index in [0.717, 1.165) is 51.6 Å². The van der Waals surface area contributed by atoms with Crippen LogP contribution in [0.5, 0.6) is 0 Å². The third kappa shape index (κ3) is 8.26. The zero-order valence-electron chi connectivity index (χ0n) is 18.8. The van der Waals surface area contributed by atoms with Crippen molar-refractivity contribution in [2.75, 3.05) is 52.4 Å². The molecule has 0 saturated carbocycles. The van der Waals surface area contributed by atoms with Crippen LogP contribution in [0.25, 0.3) is 0 Å². The fourth-order valence-corrected chi connectivity index (χ4v) is 5.27. The number of ether oxygens (including phenoxy) is 1. The SMILES string of the molecule is CCNC(=NCC(c1cccs1)N1CCCC1)NCCCN1CC(C)OC(C)C1.I. The van der Waals surface area contributed by atoms with Gasteiger partial charge < -0.3 is 15.4 Å². The molecule has 8 heteroatoms. The minimum atomic E-state index is 0. The summed E-state index contributed by atoms with van der Waals surface area (Å²) < 4.78 is 5.83. The molecule has 172 valence electrons. The van der Waals surface area contributed by atoms with Crippen LogP contribution in [0.4, 0.5) is 0 Å². The Bertz CT molecular complexity index is 599. The predicted octanol–water partition coefficient (Wildman–Crippen LogP) is 3.56. The van der Waals surface area contributed by atoms with Gasteiger partial charge in [0.05, 0.1) is 24.8 Å². The maximum absolute atomic E-state index is 5.83. The summed E-state index contributed by atoms with van der Waals surface area (Å²) >= 11 is 1.85. The van der Waals surface area contributed by atoms with Crippen LogP contribution in [-0.4, -0.2) is 80.3 Å². The van der Waals surface area contributed by atoms with E-state index < -0.39 is 0 Å². The zero-order valence-corrected chi connectivity index (χ0v) is 22.0. The number of rotatable bonds is 9. The topological polar surface area (TPSA) is 52.1 Å². The Kier molecular flexibility index (Phi) is 12.0. The lowest BCUT2D eigenvalue weighted by Crippen LogP contribution is -2.46. The largest absolute Gasteiger partial charge is 0.373 e. The van der Waals surface area contributed by atoms with Gasteiger partial charge in [0.25, 0.3) is 0 Å². The van der Waals surface area contributed by atoms with Crippen molar-refractivity contribution in [2.24, 2.45) is 4.99 Å². The highest BCUT2D eigenvalue weighted by atomic mass is 127. The maximum atomic E-state index is 5.83. The number of hydrogen-bond acceptors (Lipinski definition) is 5. The van der Waals surface area contributed by atoms with Crippen molar-refractivity contribution in [1.29, 1.82) is 0 Å². The lowest BCUT2D eigenvalue weighted by Gasteiger charge is -2.35. The van der Waals surface area contributed by atoms with Gasteiger partial charge in [-0.3, -0.25) is 14.8 Å². The molecule has 2 aliphatic heterocycles. The van der Waals surface area contributed by atoms with Crippen molar-refractivity contribution in [2.45, 2.75) is 58.3 Å². The molecule has 0 radical (unpaired) electrons. The van der Waals surface area contributed by atoms with Gasteiger partial charge in [0.2, 0.25) is 0 Å². The fraction of sp³-hybridized carbons (Fsp3) is 0.773. The highest BCUT2D eigenvalue weighted by Crippen LogP contribution is 2.28. The van der Waals surface area contributed by atoms with Crippen LogP contribution in [0.15, 0.2) is 22.5 Å². The summed E-state index contributed by atoms with van der Waals surface area (Å²) in [5, 5.41) is 9.14. The number of nitrogens with zero attached hydrogens (tertiary/aromatic N) is 3. The second kappa shape index (κ2) is 13.9. The van der Waals surface area contributed by atoms with Crippen LogP contribution in [-0.2, 0) is 4.74 Å². The quantitative estimate of drug-likeness (QED) is 0.214. The molecule has 2 saturated heterocycles. The Hall–Kier alpha value is -0.420. The van der Waals surface area contributed by atoms with Crippen LogP contribution in [0, 0.1) is 0 Å². The van der Waals surface area contributed by atoms with E-state index in [-0.39, 0.29) is 24.0 Å². The summed E-state index contributed by atoms with van der Waals surface area (Å²) in [6.45, 7) is 14.7. The van der Waals surface area contributed by atoms with Crippen molar-refractivity contribution in [3.63, 3.8) is 0 Å². The first-order valence-electron chi connectivity index (χ1n) is 11.3. The minimum Gasteiger partial charge on any atom is -0.373 e. The van der Waals surface area contributed by atoms with Crippen LogP contribution >= 0.6 is 35.3 Å². The number of thiophene rings is 1. The molecule has 1 aromatic rings. The minimum absolute atomic E-state index is 0. The van der Waals surface area contributed by atoms with E-state index in [2.05, 4.69) is 58.7 Å². The first-order chi connectivity index (χ1) is 14.2. The molecule has 2 aliphatic rings. The normalized spacial score (nSPS) is 24.4. The Morgan fingerprint density at radius 1 is 1.23 bits per heavy atom. The van der Waals surface area contributed by atoms with Gasteiger partial charge in [0.15, 0.2) is 5.96 Å². The van der Waals surface area contributed by atoms with E-state index in [0.29, 0.717) is 18.2 Å². The first-order valence-corrected chi connectivity index (χ1v) is 12.2. The molecule has 3 rings (SSSR count). The monoisotopic (exact) mass is 549 g/mol. The Labute approximate surface area is 203 Å². The molecule has 1 aromatic heterocycles. The molecule has 0 spiro atoms. The Morgan fingerprint density at radius 2 is 1.97 bits per heavy atom. The average molecular weight is 550 g/mol. The molecule has 0 aliphatic carbocycles. The molecule has 0 amide bonds. The first kappa shape index (κ1) is 25.8. The molecular weight excluding hydrogens is 509 g/mol. The third-order valence-corrected chi connectivity index (χ3v) is 6.63. The van der Waals surface area contributed by atoms with Gasteiger partial charge in [-0.05, 0) is 64.6 Å². The number of aliphatic imine (C=N–C) groups is 1. The Balaban J connectivity index is 0.00000320. The maximum Gasteiger partial charge on any atom is 0.191 e. The van der Waals surface area contributed by atoms with Gasteiger partial charge in [-0.2, -0.15) is 0 Å². The fourth-order valence-electron chi connectivity index (χ4n) is 4.42. The van der Waals surface area contributed by atoms with E-state index in [4.69, 9.17) is 9.73 Å². The van der Waals surface area contributed by atoms with Gasteiger partial charge in [-0.15, -0.1) is 35.3 Å². The number of nitrogens with one attached hydrogen (secondary N) is 2. The van der Waals surface area contributed by atoms with E-state index in [1.54, 1.807) is 0 Å². The highest BCUT2D eigenvalue weighted by molar-refractivity contribution is 14.0. The molecule has 2 fully saturated rings. The molecule has 0 bridgehead atoms. The number of halogens is 1. The van der Waals surface area contributed by atoms with E-state index in [1.165, 1.54) is 30.8 Å². The molecule has 0 aromatic carbocycles. The summed E-state index contributed by atoms with van der Waals surface area (Å²) in [4.78, 5) is 11.5. The average Bonchev–Trinajstić information content (AvgIpc) is 3.39. The van der Waals surface area contributed by atoms with Gasteiger partial charge in [0.1, 0.15) is 0 Å². The second-order valence-electron chi connectivity index (χ2n) is 8.29. The molecular formula is C22H40IN5OS. The van der Waals surface area contributed by atoms with E-state index in [9.17, 15) is 0 Å². The van der Waals surface area contributed by atoms with Gasteiger partial charge in [-0.1, -0.05) is 6.07 Å². The predicted molar refractivity (Wildman–Crippen MR) is 138 cm³/mol. The summed E-state index contributed by atoms with van der Waals surface area (Å²) in [5.74, 6) is 0.942. The summed E-state index contributed by atoms with van der Waals surface area (Å²) in [7, 11) is 0. The van der Waals surface area contributed by atoms with Crippen LogP contribution in [0.1, 0.15) is 51.0 Å². The van der Waals surface area contributed by atoms with Crippen molar-refractivity contribution < 1.29 is 4.74 Å². The zero-order chi connectivity index (χ0) is 20.5. The van der Waals surface area contributed by atoms with Crippen LogP contribution in [0.2, 0.25) is 0 Å². The standard InChI is InChI=1S/C22H39N5OS.HI/c1-4-23-22(24-10-8-11-26-16-18(2)28-19(3)17-26)25-15-20(21-9-7-14-29-21)27-12-5-6-13-27;/h7,9,14,18-20H,4-6,8,10-13,15-17H2,1-3H3,(H2,23,24,25);1H. The number of hydrogen-bond donors (Lipinski definition) is 2. The van der Waals surface area contributed by atoms with Crippen molar-refractivity contribution in [1.82, 2.24) is 20.4 Å². The number of morpholine rings is 1. The molecule has 30 heavy (non-hydrogen) atoms. The third-order valence-electron chi connectivity index (χ3n) is 5.66. The van der Waals surface area contributed by atoms with Crippen molar-refractivity contribution in [3.8, 4) is 0 Å². The highest BCUT2D eigenvalue weighted by Gasteiger charge is 2.24. The number of likely N-dealkylation sites (tertiary alicyclic amines) is 1. The molecule has 3 unspecified atom stereocenters. The summed E-state index contributed by atoms with van der Waals surface area (Å²) in [5.41, 5.74) is 0. The van der Waals surface area contributed by atoms with Crippen LogP contribution in [0.3, 0.4) is 0 Å². The van der Waals surface area contributed by atoms with E-state index >= 15 is 0 Å². The van der Waals surface area contributed by atoms with Crippen LogP contribution < -0.4 is 10.6 Å². The molecule has 3 atom stereocenters. The Morgan fingerprint density at radius 3 is 2.60 bits per heavy atom. The lowest BCUT2D eigenvalue weighted by molar-refractivity contribution is -0.0679. The van der Waals surface area contributed by atoms with E-state index in [1.807, 2.05) is 11.3 Å². The van der Waals surface area contributed by atoms with Gasteiger partial charge in [-0.25, -0.2) is 0 Å². The van der Waals surface area contributed by atoms with Crippen molar-refractivity contribution in [3.05, 3.63) is 22.4 Å². The molecule has 3 heterocycles.